The van der Waals surface area contributed by atoms with Gasteiger partial charge < -0.3 is 14.6 Å². The van der Waals surface area contributed by atoms with Crippen molar-refractivity contribution in [1.29, 1.82) is 0 Å². The first-order valence-corrected chi connectivity index (χ1v) is 8.51. The van der Waals surface area contributed by atoms with E-state index in [9.17, 15) is 13.2 Å². The minimum absolute atomic E-state index is 0.0184. The second kappa shape index (κ2) is 7.02. The fourth-order valence-electron chi connectivity index (χ4n) is 2.04. The number of carbonyl (C=O) groups excluding carboxylic acids is 1. The Labute approximate surface area is 140 Å². The van der Waals surface area contributed by atoms with Crippen molar-refractivity contribution in [3.63, 3.8) is 0 Å². The molecule has 0 unspecified atom stereocenters. The average molecular weight is 353 g/mol. The first-order valence-electron chi connectivity index (χ1n) is 7.07. The maximum Gasteiger partial charge on any atom is 0.246 e. The highest BCUT2D eigenvalue weighted by atomic mass is 32.2. The van der Waals surface area contributed by atoms with Gasteiger partial charge in [-0.1, -0.05) is 5.16 Å². The lowest BCUT2D eigenvalue weighted by molar-refractivity contribution is -0.116. The molecule has 2 aromatic rings. The van der Waals surface area contributed by atoms with Gasteiger partial charge in [-0.05, 0) is 37.1 Å². The molecule has 1 heterocycles. The molecule has 0 spiro atoms. The Morgan fingerprint density at radius 3 is 2.58 bits per heavy atom. The molecule has 1 aromatic heterocycles. The van der Waals surface area contributed by atoms with Crippen LogP contribution in [0.15, 0.2) is 33.9 Å². The van der Waals surface area contributed by atoms with E-state index in [-0.39, 0.29) is 23.0 Å². The fraction of sp³-hybridized carbons (Fsp3) is 0.333. The van der Waals surface area contributed by atoms with Crippen LogP contribution in [0.2, 0.25) is 0 Å². The maximum atomic E-state index is 12.7. The summed E-state index contributed by atoms with van der Waals surface area (Å²) in [5.41, 5.74) is 1.73. The Bertz CT molecular complexity index is 831. The maximum absolute atomic E-state index is 12.7. The summed E-state index contributed by atoms with van der Waals surface area (Å²) in [5.74, 6) is -0.0748. The van der Waals surface area contributed by atoms with Crippen LogP contribution in [-0.2, 0) is 14.8 Å². The topological polar surface area (TPSA) is 102 Å². The Balaban J connectivity index is 2.23. The number of carbonyl (C=O) groups is 1. The van der Waals surface area contributed by atoms with Gasteiger partial charge in [-0.25, -0.2) is 8.42 Å². The Kier molecular flexibility index (Phi) is 5.25. The molecule has 9 heteroatoms. The first-order chi connectivity index (χ1) is 11.3. The molecule has 0 aliphatic heterocycles. The zero-order chi connectivity index (χ0) is 17.9. The van der Waals surface area contributed by atoms with E-state index >= 15 is 0 Å². The van der Waals surface area contributed by atoms with Gasteiger partial charge in [-0.2, -0.15) is 4.31 Å². The molecule has 0 radical (unpaired) electrons. The third-order valence-electron chi connectivity index (χ3n) is 3.54. The zero-order valence-electron chi connectivity index (χ0n) is 13.9. The van der Waals surface area contributed by atoms with E-state index in [1.807, 2.05) is 13.8 Å². The van der Waals surface area contributed by atoms with Crippen LogP contribution in [0.3, 0.4) is 0 Å². The Morgan fingerprint density at radius 2 is 2.00 bits per heavy atom. The smallest absolute Gasteiger partial charge is 0.246 e. The molecule has 0 fully saturated rings. The van der Waals surface area contributed by atoms with Crippen molar-refractivity contribution in [3.8, 4) is 5.75 Å². The number of nitrogens with zero attached hydrogens (tertiary/aromatic N) is 2. The highest BCUT2D eigenvalue weighted by molar-refractivity contribution is 7.89. The highest BCUT2D eigenvalue weighted by Crippen LogP contribution is 2.29. The van der Waals surface area contributed by atoms with Crippen LogP contribution in [0.1, 0.15) is 11.1 Å². The minimum atomic E-state index is -3.89. The number of aromatic nitrogens is 1. The molecule has 0 saturated carbocycles. The van der Waals surface area contributed by atoms with E-state index < -0.39 is 15.9 Å². The molecule has 2 rings (SSSR count). The van der Waals surface area contributed by atoms with Gasteiger partial charge in [-0.15, -0.1) is 0 Å². The Morgan fingerprint density at radius 1 is 1.33 bits per heavy atom. The lowest BCUT2D eigenvalue weighted by atomic mass is 10.1. The Hall–Kier alpha value is -2.39. The number of hydrogen-bond donors (Lipinski definition) is 1. The predicted octanol–water partition coefficient (Wildman–Crippen LogP) is 1.56. The number of amides is 1. The van der Waals surface area contributed by atoms with Gasteiger partial charge in [0.05, 0.1) is 13.7 Å². The fourth-order valence-corrected chi connectivity index (χ4v) is 3.38. The van der Waals surface area contributed by atoms with Crippen LogP contribution in [0, 0.1) is 13.8 Å². The van der Waals surface area contributed by atoms with E-state index in [0.29, 0.717) is 0 Å². The van der Waals surface area contributed by atoms with Crippen molar-refractivity contribution in [2.75, 3.05) is 26.0 Å². The third-order valence-corrected chi connectivity index (χ3v) is 5.36. The molecule has 0 bridgehead atoms. The van der Waals surface area contributed by atoms with Gasteiger partial charge in [0.15, 0.2) is 5.82 Å². The van der Waals surface area contributed by atoms with Gasteiger partial charge >= 0.3 is 0 Å². The van der Waals surface area contributed by atoms with Crippen LogP contribution in [0.5, 0.6) is 5.75 Å². The monoisotopic (exact) mass is 353 g/mol. The molecule has 0 aliphatic carbocycles. The van der Waals surface area contributed by atoms with Crippen molar-refractivity contribution in [2.45, 2.75) is 18.7 Å². The number of anilines is 1. The number of hydrogen-bond acceptors (Lipinski definition) is 6. The quantitative estimate of drug-likeness (QED) is 0.845. The molecule has 0 saturated heterocycles. The van der Waals surface area contributed by atoms with Crippen molar-refractivity contribution in [1.82, 2.24) is 9.46 Å². The van der Waals surface area contributed by atoms with Crippen LogP contribution < -0.4 is 10.1 Å². The summed E-state index contributed by atoms with van der Waals surface area (Å²) in [4.78, 5) is 12.0. The van der Waals surface area contributed by atoms with Crippen molar-refractivity contribution in [2.24, 2.45) is 0 Å². The largest absolute Gasteiger partial charge is 0.495 e. The summed E-state index contributed by atoms with van der Waals surface area (Å²) in [6, 6.07) is 4.65. The standard InChI is InChI=1S/C15H19N3O5S/c1-10-7-12(22-4)13(8-11(10)2)24(20,21)18(3)9-15(19)16-14-5-6-23-17-14/h5-8H,9H2,1-4H3,(H,16,17,19). The average Bonchev–Trinajstić information content (AvgIpc) is 3.01. The van der Waals surface area contributed by atoms with Crippen molar-refractivity contribution < 1.29 is 22.5 Å². The highest BCUT2D eigenvalue weighted by Gasteiger charge is 2.27. The summed E-state index contributed by atoms with van der Waals surface area (Å²) >= 11 is 0. The predicted molar refractivity (Wildman–Crippen MR) is 87.4 cm³/mol. The van der Waals surface area contributed by atoms with Crippen LogP contribution in [0.25, 0.3) is 0 Å². The van der Waals surface area contributed by atoms with Gasteiger partial charge in [0.2, 0.25) is 15.9 Å². The number of benzene rings is 1. The zero-order valence-corrected chi connectivity index (χ0v) is 14.7. The van der Waals surface area contributed by atoms with Crippen LogP contribution in [-0.4, -0.2) is 44.5 Å². The van der Waals surface area contributed by atoms with Crippen LogP contribution >= 0.6 is 0 Å². The van der Waals surface area contributed by atoms with Gasteiger partial charge in [-0.3, -0.25) is 4.79 Å². The van der Waals surface area contributed by atoms with E-state index in [1.54, 1.807) is 6.07 Å². The number of methoxy groups -OCH3 is 1. The lowest BCUT2D eigenvalue weighted by Crippen LogP contribution is -2.35. The van der Waals surface area contributed by atoms with E-state index in [1.165, 1.54) is 32.6 Å². The molecule has 1 amide bonds. The second-order valence-corrected chi connectivity index (χ2v) is 7.29. The minimum Gasteiger partial charge on any atom is -0.495 e. The summed E-state index contributed by atoms with van der Waals surface area (Å²) in [6.45, 7) is 3.31. The van der Waals surface area contributed by atoms with Crippen molar-refractivity contribution >= 4 is 21.7 Å². The summed E-state index contributed by atoms with van der Waals surface area (Å²) in [7, 11) is -1.16. The summed E-state index contributed by atoms with van der Waals surface area (Å²) < 4.78 is 36.2. The molecular weight excluding hydrogens is 334 g/mol. The van der Waals surface area contributed by atoms with Crippen molar-refractivity contribution in [3.05, 3.63) is 35.6 Å². The van der Waals surface area contributed by atoms with E-state index in [4.69, 9.17) is 4.74 Å². The second-order valence-electron chi connectivity index (χ2n) is 5.28. The molecule has 1 N–H and O–H groups in total. The number of nitrogens with one attached hydrogen (secondary N) is 1. The molecule has 24 heavy (non-hydrogen) atoms. The number of ether oxygens (including phenoxy) is 1. The molecule has 8 nitrogen and oxygen atoms in total. The SMILES string of the molecule is COc1cc(C)c(C)cc1S(=O)(=O)N(C)CC(=O)Nc1ccon1. The van der Waals surface area contributed by atoms with Crippen LogP contribution in [0.4, 0.5) is 5.82 Å². The number of likely N-dealkylation sites (N-methyl/N-ethyl adjacent to an activating group) is 1. The molecular formula is C15H19N3O5S. The summed E-state index contributed by atoms with van der Waals surface area (Å²) in [6.07, 6.45) is 1.30. The number of sulfonamides is 1. The summed E-state index contributed by atoms with van der Waals surface area (Å²) in [5, 5.41) is 5.98. The molecule has 130 valence electrons. The molecule has 1 aromatic carbocycles. The first kappa shape index (κ1) is 18.0. The van der Waals surface area contributed by atoms with Gasteiger partial charge in [0, 0.05) is 13.1 Å². The number of aryl methyl sites for hydroxylation is 2. The van der Waals surface area contributed by atoms with Gasteiger partial charge in [0.25, 0.3) is 0 Å². The molecule has 0 aliphatic rings. The normalized spacial score (nSPS) is 11.5. The van der Waals surface area contributed by atoms with E-state index in [0.717, 1.165) is 15.4 Å². The third kappa shape index (κ3) is 3.74. The van der Waals surface area contributed by atoms with Gasteiger partial charge in [0.1, 0.15) is 16.9 Å². The lowest BCUT2D eigenvalue weighted by Gasteiger charge is -2.19. The van der Waals surface area contributed by atoms with E-state index in [2.05, 4.69) is 15.0 Å². The molecule has 0 atom stereocenters. The number of rotatable bonds is 6.